The molecule has 6 nitrogen and oxygen atoms in total. The molecule has 0 fully saturated rings. The third kappa shape index (κ3) is 3.46. The van der Waals surface area contributed by atoms with Crippen molar-refractivity contribution in [3.8, 4) is 11.8 Å². The topological polar surface area (TPSA) is 90.0 Å². The Balaban J connectivity index is 2.05. The van der Waals surface area contributed by atoms with Crippen molar-refractivity contribution in [2.75, 3.05) is 6.54 Å². The largest absolute Gasteiger partial charge is 0.320 e. The second-order valence-corrected chi connectivity index (χ2v) is 6.63. The normalized spacial score (nSPS) is 11.1. The van der Waals surface area contributed by atoms with Crippen LogP contribution in [0.25, 0.3) is 0 Å². The first kappa shape index (κ1) is 14.7. The summed E-state index contributed by atoms with van der Waals surface area (Å²) in [7, 11) is -1.97. The summed E-state index contributed by atoms with van der Waals surface area (Å²) in [5.74, 6) is 5.66. The molecular formula is C12H14N4O2S2. The van der Waals surface area contributed by atoms with Crippen molar-refractivity contribution in [3.05, 3.63) is 34.2 Å². The van der Waals surface area contributed by atoms with Gasteiger partial charge in [0.1, 0.15) is 0 Å². The van der Waals surface area contributed by atoms with Gasteiger partial charge in [0.2, 0.25) is 0 Å². The van der Waals surface area contributed by atoms with E-state index in [1.807, 2.05) is 11.4 Å². The summed E-state index contributed by atoms with van der Waals surface area (Å²) >= 11 is 1.45. The van der Waals surface area contributed by atoms with Crippen LogP contribution in [0.5, 0.6) is 0 Å². The van der Waals surface area contributed by atoms with E-state index in [4.69, 9.17) is 5.73 Å². The van der Waals surface area contributed by atoms with Gasteiger partial charge >= 0.3 is 0 Å². The zero-order valence-electron chi connectivity index (χ0n) is 10.8. The van der Waals surface area contributed by atoms with E-state index in [-0.39, 0.29) is 11.6 Å². The maximum Gasteiger partial charge on any atom is 0.258 e. The van der Waals surface area contributed by atoms with Crippen LogP contribution in [0.15, 0.2) is 28.7 Å². The van der Waals surface area contributed by atoms with Crippen molar-refractivity contribution in [2.45, 2.75) is 11.6 Å². The van der Waals surface area contributed by atoms with Gasteiger partial charge in [-0.25, -0.2) is 13.1 Å². The van der Waals surface area contributed by atoms with Gasteiger partial charge in [-0.05, 0) is 12.1 Å². The van der Waals surface area contributed by atoms with Gasteiger partial charge < -0.3 is 5.73 Å². The lowest BCUT2D eigenvalue weighted by Gasteiger charge is -2.05. The fraction of sp³-hybridized carbons (Fsp3) is 0.250. The van der Waals surface area contributed by atoms with Crippen LogP contribution in [0, 0.1) is 11.8 Å². The van der Waals surface area contributed by atoms with E-state index in [0.29, 0.717) is 6.54 Å². The molecule has 0 amide bonds. The van der Waals surface area contributed by atoms with Crippen molar-refractivity contribution in [1.29, 1.82) is 0 Å². The number of nitrogens with one attached hydrogen (secondary N) is 1. The highest BCUT2D eigenvalue weighted by Gasteiger charge is 2.17. The average Bonchev–Trinajstić information content (AvgIpc) is 3.03. The highest BCUT2D eigenvalue weighted by atomic mass is 32.2. The Morgan fingerprint density at radius 1 is 1.55 bits per heavy atom. The number of aryl methyl sites for hydroxylation is 1. The summed E-state index contributed by atoms with van der Waals surface area (Å²) in [6.07, 6.45) is 1.44. The second kappa shape index (κ2) is 6.19. The lowest BCUT2D eigenvalue weighted by atomic mass is 10.3. The number of rotatable bonds is 4. The van der Waals surface area contributed by atoms with Crippen molar-refractivity contribution in [3.63, 3.8) is 0 Å². The van der Waals surface area contributed by atoms with Crippen LogP contribution >= 0.6 is 11.3 Å². The van der Waals surface area contributed by atoms with Crippen LogP contribution in [0.2, 0.25) is 0 Å². The van der Waals surface area contributed by atoms with E-state index in [2.05, 4.69) is 21.7 Å². The minimum atomic E-state index is -3.55. The molecule has 0 saturated carbocycles. The summed E-state index contributed by atoms with van der Waals surface area (Å²) in [6, 6.07) is 3.30. The lowest BCUT2D eigenvalue weighted by molar-refractivity contribution is 0.563. The number of aromatic nitrogens is 2. The molecule has 0 spiro atoms. The van der Waals surface area contributed by atoms with Gasteiger partial charge in [0.15, 0.2) is 5.03 Å². The predicted octanol–water partition coefficient (Wildman–Crippen LogP) is 0.270. The standard InChI is InChI=1S/C12H14N4O2S2/c1-16-12(4-6-14-16)20(17,18)15-8-11-7-10(9-19-11)3-2-5-13/h4,6-7,9,15H,5,8,13H2,1H3. The number of sulfonamides is 1. The van der Waals surface area contributed by atoms with E-state index in [9.17, 15) is 8.42 Å². The molecule has 0 unspecified atom stereocenters. The number of hydrogen-bond donors (Lipinski definition) is 2. The van der Waals surface area contributed by atoms with Crippen LogP contribution in [0.3, 0.4) is 0 Å². The van der Waals surface area contributed by atoms with Crippen molar-refractivity contribution in [1.82, 2.24) is 14.5 Å². The molecule has 8 heteroatoms. The summed E-state index contributed by atoms with van der Waals surface area (Å²) in [4.78, 5) is 0.886. The molecule has 0 atom stereocenters. The minimum absolute atomic E-state index is 0.136. The Hall–Kier alpha value is -1.66. The maximum absolute atomic E-state index is 12.1. The average molecular weight is 310 g/mol. The van der Waals surface area contributed by atoms with Crippen molar-refractivity contribution >= 4 is 21.4 Å². The summed E-state index contributed by atoms with van der Waals surface area (Å²) in [5, 5.41) is 5.85. The summed E-state index contributed by atoms with van der Waals surface area (Å²) in [6.45, 7) is 0.529. The fourth-order valence-corrected chi connectivity index (χ4v) is 3.53. The number of hydrogen-bond acceptors (Lipinski definition) is 5. The van der Waals surface area contributed by atoms with E-state index < -0.39 is 10.0 Å². The first-order valence-electron chi connectivity index (χ1n) is 5.77. The highest BCUT2D eigenvalue weighted by Crippen LogP contribution is 2.15. The Labute approximate surface area is 121 Å². The molecule has 0 aliphatic carbocycles. The smallest absolute Gasteiger partial charge is 0.258 e. The molecule has 0 bridgehead atoms. The van der Waals surface area contributed by atoms with Crippen LogP contribution in [-0.4, -0.2) is 24.7 Å². The molecule has 0 aliphatic heterocycles. The Morgan fingerprint density at radius 3 is 3.00 bits per heavy atom. The van der Waals surface area contributed by atoms with E-state index in [0.717, 1.165) is 10.4 Å². The molecule has 0 aliphatic rings. The van der Waals surface area contributed by atoms with Crippen molar-refractivity contribution in [2.24, 2.45) is 12.8 Å². The molecule has 0 radical (unpaired) electrons. The third-order valence-electron chi connectivity index (χ3n) is 2.48. The molecule has 20 heavy (non-hydrogen) atoms. The van der Waals surface area contributed by atoms with Crippen molar-refractivity contribution < 1.29 is 8.42 Å². The van der Waals surface area contributed by atoms with Gasteiger partial charge in [-0.1, -0.05) is 11.8 Å². The molecule has 2 heterocycles. The lowest BCUT2D eigenvalue weighted by Crippen LogP contribution is -2.24. The number of thiophene rings is 1. The van der Waals surface area contributed by atoms with E-state index in [1.54, 1.807) is 7.05 Å². The Bertz CT molecular complexity index is 750. The quantitative estimate of drug-likeness (QED) is 0.793. The molecule has 2 rings (SSSR count). The van der Waals surface area contributed by atoms with Crippen LogP contribution in [-0.2, 0) is 23.6 Å². The van der Waals surface area contributed by atoms with E-state index in [1.165, 1.54) is 28.3 Å². The molecular weight excluding hydrogens is 296 g/mol. The van der Waals surface area contributed by atoms with Gasteiger partial charge in [-0.3, -0.25) is 4.68 Å². The number of nitrogens with zero attached hydrogens (tertiary/aromatic N) is 2. The van der Waals surface area contributed by atoms with Gasteiger partial charge in [-0.15, -0.1) is 11.3 Å². The zero-order chi connectivity index (χ0) is 14.6. The number of nitrogens with two attached hydrogens (primary N) is 1. The molecule has 106 valence electrons. The van der Waals surface area contributed by atoms with Gasteiger partial charge in [0, 0.05) is 29.4 Å². The molecule has 3 N–H and O–H groups in total. The monoisotopic (exact) mass is 310 g/mol. The maximum atomic E-state index is 12.1. The van der Waals surface area contributed by atoms with Gasteiger partial charge in [0.05, 0.1) is 12.7 Å². The SMILES string of the molecule is Cn1nccc1S(=O)(=O)NCc1cc(C#CCN)cs1. The fourth-order valence-electron chi connectivity index (χ4n) is 1.56. The minimum Gasteiger partial charge on any atom is -0.320 e. The van der Waals surface area contributed by atoms with Crippen LogP contribution < -0.4 is 10.5 Å². The summed E-state index contributed by atoms with van der Waals surface area (Å²) < 4.78 is 28.0. The molecule has 0 aromatic carbocycles. The summed E-state index contributed by atoms with van der Waals surface area (Å²) in [5.41, 5.74) is 6.14. The van der Waals surface area contributed by atoms with Gasteiger partial charge in [0.25, 0.3) is 10.0 Å². The molecule has 2 aromatic heterocycles. The van der Waals surface area contributed by atoms with Crippen LogP contribution in [0.4, 0.5) is 0 Å². The Morgan fingerprint density at radius 2 is 2.35 bits per heavy atom. The van der Waals surface area contributed by atoms with Gasteiger partial charge in [-0.2, -0.15) is 5.10 Å². The van der Waals surface area contributed by atoms with Crippen LogP contribution in [0.1, 0.15) is 10.4 Å². The second-order valence-electron chi connectivity index (χ2n) is 3.93. The van der Waals surface area contributed by atoms with E-state index >= 15 is 0 Å². The Kier molecular flexibility index (Phi) is 4.57. The first-order chi connectivity index (χ1) is 9.53. The molecule has 2 aromatic rings. The predicted molar refractivity (Wildman–Crippen MR) is 77.5 cm³/mol. The molecule has 0 saturated heterocycles. The third-order valence-corrected chi connectivity index (χ3v) is 4.89. The zero-order valence-corrected chi connectivity index (χ0v) is 12.5. The first-order valence-corrected chi connectivity index (χ1v) is 8.13. The highest BCUT2D eigenvalue weighted by molar-refractivity contribution is 7.89.